The summed E-state index contributed by atoms with van der Waals surface area (Å²) in [6.07, 6.45) is 0.566. The molecule has 0 fully saturated rings. The average molecular weight is 231 g/mol. The van der Waals surface area contributed by atoms with E-state index in [9.17, 15) is 0 Å². The van der Waals surface area contributed by atoms with E-state index in [0.717, 1.165) is 19.6 Å². The normalized spacial score (nSPS) is 10.2. The first kappa shape index (κ1) is 13.5. The summed E-state index contributed by atoms with van der Waals surface area (Å²) in [6.45, 7) is 6.95. The molecule has 0 bridgehead atoms. The fourth-order valence-corrected chi connectivity index (χ4v) is 1.68. The Morgan fingerprint density at radius 1 is 1.24 bits per heavy atom. The number of para-hydroxylation sites is 1. The van der Waals surface area contributed by atoms with Gasteiger partial charge in [-0.1, -0.05) is 32.0 Å². The van der Waals surface area contributed by atoms with E-state index in [1.54, 1.807) is 0 Å². The molecule has 92 valence electrons. The van der Waals surface area contributed by atoms with Crippen molar-refractivity contribution in [3.63, 3.8) is 0 Å². The van der Waals surface area contributed by atoms with Crippen LogP contribution in [0.5, 0.6) is 0 Å². The number of rotatable bonds is 7. The van der Waals surface area contributed by atoms with Crippen LogP contribution in [0, 0.1) is 11.3 Å². The van der Waals surface area contributed by atoms with E-state index in [2.05, 4.69) is 42.3 Å². The van der Waals surface area contributed by atoms with Gasteiger partial charge in [0.05, 0.1) is 12.5 Å². The molecule has 0 unspecified atom stereocenters. The molecule has 17 heavy (non-hydrogen) atoms. The van der Waals surface area contributed by atoms with Crippen molar-refractivity contribution in [3.8, 4) is 6.07 Å². The molecule has 0 aromatic heterocycles. The van der Waals surface area contributed by atoms with Gasteiger partial charge in [0.2, 0.25) is 0 Å². The summed E-state index contributed by atoms with van der Waals surface area (Å²) in [6, 6.07) is 13.0. The van der Waals surface area contributed by atoms with Gasteiger partial charge in [0, 0.05) is 31.4 Å². The first-order valence-electron chi connectivity index (χ1n) is 6.14. The minimum absolute atomic E-state index is 0.503. The second kappa shape index (κ2) is 7.70. The topological polar surface area (TPSA) is 39.1 Å². The van der Waals surface area contributed by atoms with Gasteiger partial charge in [0.25, 0.3) is 0 Å². The molecule has 0 saturated carbocycles. The van der Waals surface area contributed by atoms with Crippen molar-refractivity contribution in [1.82, 2.24) is 5.32 Å². The third-order valence-corrected chi connectivity index (χ3v) is 2.55. The third kappa shape index (κ3) is 5.37. The fraction of sp³-hybridized carbons (Fsp3) is 0.500. The molecule has 3 heteroatoms. The Balaban J connectivity index is 2.52. The molecule has 0 atom stereocenters. The van der Waals surface area contributed by atoms with Gasteiger partial charge in [-0.2, -0.15) is 5.26 Å². The van der Waals surface area contributed by atoms with Gasteiger partial charge in [0.1, 0.15) is 0 Å². The Bertz CT molecular complexity index is 340. The summed E-state index contributed by atoms with van der Waals surface area (Å²) in [7, 11) is 0. The van der Waals surface area contributed by atoms with Crippen LogP contribution in [0.25, 0.3) is 0 Å². The SMILES string of the molecule is CC(C)NCCN(CCC#N)c1ccccc1. The van der Waals surface area contributed by atoms with Gasteiger partial charge >= 0.3 is 0 Å². The van der Waals surface area contributed by atoms with Crippen LogP contribution in [0.1, 0.15) is 20.3 Å². The molecule has 0 heterocycles. The maximum absolute atomic E-state index is 8.68. The number of hydrogen-bond donors (Lipinski definition) is 1. The summed E-state index contributed by atoms with van der Waals surface area (Å²) in [5.41, 5.74) is 1.19. The number of nitrogens with one attached hydrogen (secondary N) is 1. The zero-order valence-electron chi connectivity index (χ0n) is 10.7. The van der Waals surface area contributed by atoms with Gasteiger partial charge in [-0.05, 0) is 12.1 Å². The van der Waals surface area contributed by atoms with Crippen molar-refractivity contribution >= 4 is 5.69 Å². The molecular formula is C14H21N3. The minimum Gasteiger partial charge on any atom is -0.369 e. The molecule has 0 amide bonds. The van der Waals surface area contributed by atoms with Crippen molar-refractivity contribution in [2.45, 2.75) is 26.3 Å². The standard InChI is InChI=1S/C14H21N3/c1-13(2)16-10-12-17(11-6-9-15)14-7-4-3-5-8-14/h3-5,7-8,13,16H,6,10-12H2,1-2H3. The highest BCUT2D eigenvalue weighted by Gasteiger charge is 2.05. The summed E-state index contributed by atoms with van der Waals surface area (Å²) in [4.78, 5) is 2.25. The van der Waals surface area contributed by atoms with Crippen LogP contribution >= 0.6 is 0 Å². The average Bonchev–Trinajstić information content (AvgIpc) is 2.34. The number of benzene rings is 1. The van der Waals surface area contributed by atoms with Crippen LogP contribution in [0.2, 0.25) is 0 Å². The van der Waals surface area contributed by atoms with E-state index >= 15 is 0 Å². The Morgan fingerprint density at radius 2 is 1.94 bits per heavy atom. The lowest BCUT2D eigenvalue weighted by molar-refractivity contribution is 0.581. The summed E-state index contributed by atoms with van der Waals surface area (Å²) in [5.74, 6) is 0. The Kier molecular flexibility index (Phi) is 6.13. The predicted molar refractivity (Wildman–Crippen MR) is 72.0 cm³/mol. The monoisotopic (exact) mass is 231 g/mol. The van der Waals surface area contributed by atoms with E-state index in [1.807, 2.05) is 18.2 Å². The molecule has 0 spiro atoms. The van der Waals surface area contributed by atoms with Gasteiger partial charge in [-0.3, -0.25) is 0 Å². The summed E-state index contributed by atoms with van der Waals surface area (Å²) < 4.78 is 0. The van der Waals surface area contributed by atoms with Crippen LogP contribution in [0.15, 0.2) is 30.3 Å². The number of nitrogens with zero attached hydrogens (tertiary/aromatic N) is 2. The lowest BCUT2D eigenvalue weighted by Crippen LogP contribution is -2.35. The lowest BCUT2D eigenvalue weighted by atomic mass is 10.2. The van der Waals surface area contributed by atoms with Crippen LogP contribution in [0.4, 0.5) is 5.69 Å². The second-order valence-corrected chi connectivity index (χ2v) is 4.34. The number of hydrogen-bond acceptors (Lipinski definition) is 3. The van der Waals surface area contributed by atoms with Crippen LogP contribution in [0.3, 0.4) is 0 Å². The van der Waals surface area contributed by atoms with E-state index in [0.29, 0.717) is 12.5 Å². The summed E-state index contributed by atoms with van der Waals surface area (Å²) in [5, 5.41) is 12.1. The molecule has 3 nitrogen and oxygen atoms in total. The van der Waals surface area contributed by atoms with E-state index in [-0.39, 0.29) is 0 Å². The first-order valence-corrected chi connectivity index (χ1v) is 6.14. The Labute approximate surface area is 104 Å². The van der Waals surface area contributed by atoms with Crippen LogP contribution in [-0.2, 0) is 0 Å². The lowest BCUT2D eigenvalue weighted by Gasteiger charge is -2.24. The predicted octanol–water partition coefficient (Wildman–Crippen LogP) is 2.40. The molecule has 0 aliphatic carbocycles. The Hall–Kier alpha value is -1.53. The molecule has 1 aromatic carbocycles. The molecule has 0 aliphatic rings. The van der Waals surface area contributed by atoms with Gasteiger partial charge in [-0.25, -0.2) is 0 Å². The fourth-order valence-electron chi connectivity index (χ4n) is 1.68. The van der Waals surface area contributed by atoms with Crippen LogP contribution in [-0.4, -0.2) is 25.7 Å². The van der Waals surface area contributed by atoms with Crippen molar-refractivity contribution in [1.29, 1.82) is 5.26 Å². The zero-order valence-corrected chi connectivity index (χ0v) is 10.7. The zero-order chi connectivity index (χ0) is 12.5. The molecule has 0 radical (unpaired) electrons. The highest BCUT2D eigenvalue weighted by Crippen LogP contribution is 2.12. The van der Waals surface area contributed by atoms with Gasteiger partial charge < -0.3 is 10.2 Å². The maximum Gasteiger partial charge on any atom is 0.0640 e. The second-order valence-electron chi connectivity index (χ2n) is 4.34. The molecule has 1 rings (SSSR count). The van der Waals surface area contributed by atoms with E-state index in [1.165, 1.54) is 5.69 Å². The van der Waals surface area contributed by atoms with E-state index < -0.39 is 0 Å². The molecule has 1 aromatic rings. The van der Waals surface area contributed by atoms with Crippen molar-refractivity contribution < 1.29 is 0 Å². The highest BCUT2D eigenvalue weighted by molar-refractivity contribution is 5.46. The van der Waals surface area contributed by atoms with Crippen molar-refractivity contribution in [3.05, 3.63) is 30.3 Å². The third-order valence-electron chi connectivity index (χ3n) is 2.55. The number of nitriles is 1. The molecule has 0 saturated heterocycles. The summed E-state index contributed by atoms with van der Waals surface area (Å²) >= 11 is 0. The smallest absolute Gasteiger partial charge is 0.0640 e. The Morgan fingerprint density at radius 3 is 2.53 bits per heavy atom. The van der Waals surface area contributed by atoms with Crippen molar-refractivity contribution in [2.75, 3.05) is 24.5 Å². The van der Waals surface area contributed by atoms with Crippen molar-refractivity contribution in [2.24, 2.45) is 0 Å². The number of anilines is 1. The van der Waals surface area contributed by atoms with Crippen LogP contribution < -0.4 is 10.2 Å². The largest absolute Gasteiger partial charge is 0.369 e. The van der Waals surface area contributed by atoms with Gasteiger partial charge in [-0.15, -0.1) is 0 Å². The molecule has 0 aliphatic heterocycles. The van der Waals surface area contributed by atoms with E-state index in [4.69, 9.17) is 5.26 Å². The molecular weight excluding hydrogens is 210 g/mol. The quantitative estimate of drug-likeness (QED) is 0.783. The molecule has 1 N–H and O–H groups in total. The van der Waals surface area contributed by atoms with Gasteiger partial charge in [0.15, 0.2) is 0 Å². The minimum atomic E-state index is 0.503. The first-order chi connectivity index (χ1) is 8.24. The maximum atomic E-state index is 8.68. The highest BCUT2D eigenvalue weighted by atomic mass is 15.1.